The predicted molar refractivity (Wildman–Crippen MR) is 64.6 cm³/mol. The lowest BCUT2D eigenvalue weighted by Crippen LogP contribution is -2.01. The second-order valence-electron chi connectivity index (χ2n) is 4.20. The Kier molecular flexibility index (Phi) is 2.95. The number of nitrogens with zero attached hydrogens (tertiary/aromatic N) is 2. The van der Waals surface area contributed by atoms with Crippen LogP contribution in [0.5, 0.6) is 0 Å². The molecule has 0 radical (unpaired) electrons. The molecule has 0 unspecified atom stereocenters. The zero-order valence-electron chi connectivity index (χ0n) is 9.79. The van der Waals surface area contributed by atoms with Crippen molar-refractivity contribution in [2.75, 3.05) is 0 Å². The van der Waals surface area contributed by atoms with Crippen molar-refractivity contribution in [2.24, 2.45) is 0 Å². The van der Waals surface area contributed by atoms with E-state index in [1.165, 1.54) is 0 Å². The summed E-state index contributed by atoms with van der Waals surface area (Å²) in [5.74, 6) is -0.568. The molecule has 0 spiro atoms. The average Bonchev–Trinajstić information content (AvgIpc) is 2.78. The van der Waals surface area contributed by atoms with Crippen molar-refractivity contribution in [3.05, 3.63) is 47.8 Å². The topological polar surface area (TPSA) is 55.1 Å². The molecule has 4 nitrogen and oxygen atoms in total. The molecule has 0 amide bonds. The first-order valence-corrected chi connectivity index (χ1v) is 5.47. The van der Waals surface area contributed by atoms with E-state index < -0.39 is 5.97 Å². The van der Waals surface area contributed by atoms with Crippen molar-refractivity contribution in [1.82, 2.24) is 9.78 Å². The fourth-order valence-electron chi connectivity index (χ4n) is 1.57. The zero-order valence-corrected chi connectivity index (χ0v) is 9.79. The molecule has 0 bridgehead atoms. The third kappa shape index (κ3) is 2.36. The Hall–Kier alpha value is -2.10. The molecule has 1 N–H and O–H groups in total. The molecule has 0 atom stereocenters. The molecule has 17 heavy (non-hydrogen) atoms. The molecule has 4 heteroatoms. The lowest BCUT2D eigenvalue weighted by Gasteiger charge is -2.03. The Bertz CT molecular complexity index is 544. The number of aromatic nitrogens is 2. The smallest absolute Gasteiger partial charge is 0.335 e. The number of hydrogen-bond donors (Lipinski definition) is 1. The van der Waals surface area contributed by atoms with Gasteiger partial charge in [-0.15, -0.1) is 0 Å². The molecule has 0 saturated carbocycles. The summed E-state index contributed by atoms with van der Waals surface area (Å²) in [4.78, 5) is 10.9. The van der Waals surface area contributed by atoms with Gasteiger partial charge in [0.1, 0.15) is 0 Å². The number of rotatable bonds is 3. The molecule has 1 heterocycles. The van der Waals surface area contributed by atoms with Crippen LogP contribution in [-0.2, 0) is 0 Å². The summed E-state index contributed by atoms with van der Waals surface area (Å²) in [7, 11) is 0. The Morgan fingerprint density at radius 1 is 1.35 bits per heavy atom. The number of benzene rings is 1. The fraction of sp³-hybridized carbons (Fsp3) is 0.231. The van der Waals surface area contributed by atoms with Crippen LogP contribution < -0.4 is 0 Å². The molecular weight excluding hydrogens is 216 g/mol. The Morgan fingerprint density at radius 2 is 2.12 bits per heavy atom. The summed E-state index contributed by atoms with van der Waals surface area (Å²) in [5.41, 5.74) is 2.02. The van der Waals surface area contributed by atoms with E-state index in [0.717, 1.165) is 11.4 Å². The van der Waals surface area contributed by atoms with E-state index in [-0.39, 0.29) is 5.56 Å². The first kappa shape index (κ1) is 11.4. The van der Waals surface area contributed by atoms with E-state index in [4.69, 9.17) is 5.11 Å². The highest BCUT2D eigenvalue weighted by atomic mass is 16.4. The van der Waals surface area contributed by atoms with Crippen molar-refractivity contribution in [2.45, 2.75) is 19.8 Å². The van der Waals surface area contributed by atoms with Crippen LogP contribution >= 0.6 is 0 Å². The van der Waals surface area contributed by atoms with E-state index in [1.54, 1.807) is 22.9 Å². The van der Waals surface area contributed by atoms with Crippen molar-refractivity contribution in [3.8, 4) is 5.69 Å². The largest absolute Gasteiger partial charge is 0.478 e. The number of carbonyl (C=O) groups is 1. The molecule has 2 aromatic rings. The van der Waals surface area contributed by atoms with Gasteiger partial charge < -0.3 is 5.11 Å². The number of hydrogen-bond acceptors (Lipinski definition) is 2. The third-order valence-corrected chi connectivity index (χ3v) is 2.56. The fourth-order valence-corrected chi connectivity index (χ4v) is 1.57. The number of carboxylic acid groups (broad SMARTS) is 1. The molecule has 0 aliphatic rings. The maximum Gasteiger partial charge on any atom is 0.335 e. The third-order valence-electron chi connectivity index (χ3n) is 2.56. The number of aromatic carboxylic acids is 1. The van der Waals surface area contributed by atoms with Crippen LogP contribution in [0.2, 0.25) is 0 Å². The predicted octanol–water partition coefficient (Wildman–Crippen LogP) is 2.69. The van der Waals surface area contributed by atoms with E-state index in [0.29, 0.717) is 5.92 Å². The lowest BCUT2D eigenvalue weighted by molar-refractivity contribution is 0.0697. The van der Waals surface area contributed by atoms with Gasteiger partial charge in [-0.1, -0.05) is 19.9 Å². The molecule has 0 fully saturated rings. The van der Waals surface area contributed by atoms with Crippen LogP contribution in [-0.4, -0.2) is 20.9 Å². The molecule has 88 valence electrons. The summed E-state index contributed by atoms with van der Waals surface area (Å²) in [6.07, 6.45) is 1.84. The van der Waals surface area contributed by atoms with E-state index in [9.17, 15) is 4.79 Å². The SMILES string of the molecule is CC(C)c1ccn(-c2cccc(C(=O)O)c2)n1. The summed E-state index contributed by atoms with van der Waals surface area (Å²) in [5, 5.41) is 13.3. The minimum absolute atomic E-state index is 0.268. The monoisotopic (exact) mass is 230 g/mol. The van der Waals surface area contributed by atoms with Gasteiger partial charge in [-0.3, -0.25) is 0 Å². The first-order valence-electron chi connectivity index (χ1n) is 5.47. The average molecular weight is 230 g/mol. The van der Waals surface area contributed by atoms with Gasteiger partial charge in [0.2, 0.25) is 0 Å². The molecule has 0 saturated heterocycles. The Balaban J connectivity index is 2.38. The zero-order chi connectivity index (χ0) is 12.4. The van der Waals surface area contributed by atoms with E-state index in [2.05, 4.69) is 18.9 Å². The molecule has 0 aliphatic heterocycles. The summed E-state index contributed by atoms with van der Waals surface area (Å²) >= 11 is 0. The van der Waals surface area contributed by atoms with Gasteiger partial charge in [-0.05, 0) is 30.2 Å². The summed E-state index contributed by atoms with van der Waals surface area (Å²) in [6.45, 7) is 4.14. The molecular formula is C13H14N2O2. The molecule has 2 rings (SSSR count). The highest BCUT2D eigenvalue weighted by Crippen LogP contribution is 2.15. The van der Waals surface area contributed by atoms with Gasteiger partial charge in [0.25, 0.3) is 0 Å². The highest BCUT2D eigenvalue weighted by Gasteiger charge is 2.07. The molecule has 1 aromatic heterocycles. The van der Waals surface area contributed by atoms with Gasteiger partial charge >= 0.3 is 5.97 Å². The first-order chi connectivity index (χ1) is 8.08. The van der Waals surface area contributed by atoms with E-state index >= 15 is 0 Å². The van der Waals surface area contributed by atoms with Crippen molar-refractivity contribution < 1.29 is 9.90 Å². The second kappa shape index (κ2) is 4.41. The minimum Gasteiger partial charge on any atom is -0.478 e. The maximum absolute atomic E-state index is 10.9. The van der Waals surface area contributed by atoms with Crippen LogP contribution in [0, 0.1) is 0 Å². The van der Waals surface area contributed by atoms with Gasteiger partial charge in [0, 0.05) is 6.20 Å². The quantitative estimate of drug-likeness (QED) is 0.882. The van der Waals surface area contributed by atoms with Crippen molar-refractivity contribution >= 4 is 5.97 Å². The molecule has 1 aromatic carbocycles. The van der Waals surface area contributed by atoms with Gasteiger partial charge in [0.15, 0.2) is 0 Å². The normalized spacial score (nSPS) is 10.8. The Labute approximate surface area is 99.5 Å². The summed E-state index contributed by atoms with van der Waals surface area (Å²) < 4.78 is 1.70. The van der Waals surface area contributed by atoms with Gasteiger partial charge in [0.05, 0.1) is 16.9 Å². The van der Waals surface area contributed by atoms with Crippen LogP contribution in [0.1, 0.15) is 35.8 Å². The second-order valence-corrected chi connectivity index (χ2v) is 4.20. The van der Waals surface area contributed by atoms with Crippen LogP contribution in [0.15, 0.2) is 36.5 Å². The lowest BCUT2D eigenvalue weighted by atomic mass is 10.1. The molecule has 0 aliphatic carbocycles. The van der Waals surface area contributed by atoms with Crippen LogP contribution in [0.3, 0.4) is 0 Å². The van der Waals surface area contributed by atoms with Crippen molar-refractivity contribution in [3.63, 3.8) is 0 Å². The maximum atomic E-state index is 10.9. The minimum atomic E-state index is -0.928. The van der Waals surface area contributed by atoms with Gasteiger partial charge in [-0.2, -0.15) is 5.10 Å². The highest BCUT2D eigenvalue weighted by molar-refractivity contribution is 5.88. The van der Waals surface area contributed by atoms with Crippen molar-refractivity contribution in [1.29, 1.82) is 0 Å². The Morgan fingerprint density at radius 3 is 2.71 bits per heavy atom. The van der Waals surface area contributed by atoms with Gasteiger partial charge in [-0.25, -0.2) is 9.48 Å². The number of carboxylic acids is 1. The van der Waals surface area contributed by atoms with E-state index in [1.807, 2.05) is 18.3 Å². The standard InChI is InChI=1S/C13H14N2O2/c1-9(2)12-6-7-15(14-12)11-5-3-4-10(8-11)13(16)17/h3-9H,1-2H3,(H,16,17). The summed E-state index contributed by atoms with van der Waals surface area (Å²) in [6, 6.07) is 8.68. The van der Waals surface area contributed by atoms with Crippen LogP contribution in [0.4, 0.5) is 0 Å². The van der Waals surface area contributed by atoms with Crippen LogP contribution in [0.25, 0.3) is 5.69 Å².